The lowest BCUT2D eigenvalue weighted by atomic mass is 10.1. The highest BCUT2D eigenvalue weighted by Gasteiger charge is 2.19. The Kier molecular flexibility index (Phi) is 7.18. The number of hydrogen-bond donors (Lipinski definition) is 1. The quantitative estimate of drug-likeness (QED) is 0.726. The van der Waals surface area contributed by atoms with E-state index < -0.39 is 5.97 Å². The van der Waals surface area contributed by atoms with Gasteiger partial charge in [-0.05, 0) is 18.2 Å². The predicted octanol–water partition coefficient (Wildman–Crippen LogP) is 0.806. The zero-order valence-corrected chi connectivity index (χ0v) is 13.0. The summed E-state index contributed by atoms with van der Waals surface area (Å²) in [5, 5.41) is 8.90. The number of hydrogen-bond acceptors (Lipinski definition) is 5. The van der Waals surface area contributed by atoms with Gasteiger partial charge in [0.25, 0.3) is 0 Å². The molecule has 0 aliphatic heterocycles. The van der Waals surface area contributed by atoms with E-state index in [9.17, 15) is 9.59 Å². The van der Waals surface area contributed by atoms with Gasteiger partial charge in [0.05, 0.1) is 27.2 Å². The van der Waals surface area contributed by atoms with Gasteiger partial charge >= 0.3 is 5.97 Å². The Morgan fingerprint density at radius 1 is 1.18 bits per heavy atom. The Bertz CT molecular complexity index is 517. The number of benzene rings is 1. The maximum atomic E-state index is 12.3. The van der Waals surface area contributed by atoms with E-state index in [4.69, 9.17) is 19.3 Å². The molecule has 0 spiro atoms. The molecular weight excluding hydrogens is 290 g/mol. The Hall–Kier alpha value is -2.28. The summed E-state index contributed by atoms with van der Waals surface area (Å²) in [4.78, 5) is 24.4. The van der Waals surface area contributed by atoms with Crippen molar-refractivity contribution in [2.75, 3.05) is 41.0 Å². The fraction of sp³-hybridized carbons (Fsp3) is 0.467. The van der Waals surface area contributed by atoms with Crippen molar-refractivity contribution in [3.8, 4) is 11.5 Å². The van der Waals surface area contributed by atoms with Gasteiger partial charge in [0.2, 0.25) is 5.91 Å². The molecule has 7 heteroatoms. The number of nitrogens with zero attached hydrogens (tertiary/aromatic N) is 1. The van der Waals surface area contributed by atoms with Crippen LogP contribution in [-0.4, -0.2) is 62.9 Å². The van der Waals surface area contributed by atoms with E-state index in [2.05, 4.69) is 0 Å². The summed E-state index contributed by atoms with van der Waals surface area (Å²) >= 11 is 0. The Morgan fingerprint density at radius 2 is 1.91 bits per heavy atom. The van der Waals surface area contributed by atoms with Gasteiger partial charge < -0.3 is 24.2 Å². The Balaban J connectivity index is 2.89. The molecule has 0 atom stereocenters. The lowest BCUT2D eigenvalue weighted by Gasteiger charge is -2.21. The van der Waals surface area contributed by atoms with Crippen molar-refractivity contribution in [2.24, 2.45) is 0 Å². The summed E-state index contributed by atoms with van der Waals surface area (Å²) in [5.41, 5.74) is 0.639. The average Bonchev–Trinajstić information content (AvgIpc) is 2.50. The highest BCUT2D eigenvalue weighted by atomic mass is 16.5. The lowest BCUT2D eigenvalue weighted by Crippen LogP contribution is -2.38. The van der Waals surface area contributed by atoms with Crippen molar-refractivity contribution in [2.45, 2.75) is 6.42 Å². The first-order valence-corrected chi connectivity index (χ1v) is 6.71. The number of rotatable bonds is 9. The molecule has 1 aromatic rings. The maximum Gasteiger partial charge on any atom is 0.323 e. The van der Waals surface area contributed by atoms with E-state index >= 15 is 0 Å². The topological polar surface area (TPSA) is 85.3 Å². The third kappa shape index (κ3) is 5.25. The zero-order valence-electron chi connectivity index (χ0n) is 13.0. The van der Waals surface area contributed by atoms with Crippen LogP contribution in [-0.2, 0) is 20.7 Å². The molecule has 0 saturated heterocycles. The van der Waals surface area contributed by atoms with Gasteiger partial charge in [-0.2, -0.15) is 0 Å². The molecule has 0 aliphatic carbocycles. The Morgan fingerprint density at radius 3 is 2.45 bits per heavy atom. The van der Waals surface area contributed by atoms with E-state index in [1.807, 2.05) is 0 Å². The molecule has 122 valence electrons. The van der Waals surface area contributed by atoms with Crippen LogP contribution in [0.3, 0.4) is 0 Å². The van der Waals surface area contributed by atoms with E-state index in [-0.39, 0.29) is 32.0 Å². The monoisotopic (exact) mass is 311 g/mol. The predicted molar refractivity (Wildman–Crippen MR) is 79.3 cm³/mol. The minimum absolute atomic E-state index is 0.0252. The van der Waals surface area contributed by atoms with Crippen molar-refractivity contribution in [1.29, 1.82) is 0 Å². The number of aliphatic carboxylic acids is 1. The van der Waals surface area contributed by atoms with Crippen LogP contribution in [0.5, 0.6) is 11.5 Å². The van der Waals surface area contributed by atoms with Gasteiger partial charge in [-0.3, -0.25) is 9.59 Å². The molecule has 0 aliphatic rings. The molecule has 0 saturated carbocycles. The fourth-order valence-corrected chi connectivity index (χ4v) is 1.95. The molecule has 0 unspecified atom stereocenters. The van der Waals surface area contributed by atoms with Crippen LogP contribution in [0.2, 0.25) is 0 Å². The normalized spacial score (nSPS) is 10.1. The first-order valence-electron chi connectivity index (χ1n) is 6.71. The summed E-state index contributed by atoms with van der Waals surface area (Å²) in [6, 6.07) is 5.14. The van der Waals surface area contributed by atoms with Crippen molar-refractivity contribution in [1.82, 2.24) is 4.90 Å². The second kappa shape index (κ2) is 8.89. The molecular formula is C15H21NO6. The number of carboxylic acids is 1. The summed E-state index contributed by atoms with van der Waals surface area (Å²) < 4.78 is 15.3. The third-order valence-electron chi connectivity index (χ3n) is 3.07. The van der Waals surface area contributed by atoms with E-state index in [1.54, 1.807) is 18.2 Å². The van der Waals surface area contributed by atoms with Gasteiger partial charge in [-0.1, -0.05) is 0 Å². The SMILES string of the molecule is COCCN(CC(=O)O)C(=O)Cc1cc(OC)ccc1OC. The molecule has 1 rings (SSSR count). The van der Waals surface area contributed by atoms with E-state index in [0.29, 0.717) is 17.1 Å². The minimum Gasteiger partial charge on any atom is -0.497 e. The standard InChI is InChI=1S/C15H21NO6/c1-20-7-6-16(10-15(18)19)14(17)9-11-8-12(21-2)4-5-13(11)22-3/h4-5,8H,6-7,9-10H2,1-3H3,(H,18,19). The van der Waals surface area contributed by atoms with E-state index in [0.717, 1.165) is 0 Å². The third-order valence-corrected chi connectivity index (χ3v) is 3.07. The van der Waals surface area contributed by atoms with Crippen LogP contribution < -0.4 is 9.47 Å². The van der Waals surface area contributed by atoms with Gasteiger partial charge in [-0.15, -0.1) is 0 Å². The second-order valence-electron chi connectivity index (χ2n) is 4.56. The van der Waals surface area contributed by atoms with Crippen molar-refractivity contribution >= 4 is 11.9 Å². The van der Waals surface area contributed by atoms with Crippen LogP contribution in [0, 0.1) is 0 Å². The molecule has 0 radical (unpaired) electrons. The molecule has 1 amide bonds. The highest BCUT2D eigenvalue weighted by Crippen LogP contribution is 2.24. The minimum atomic E-state index is -1.07. The van der Waals surface area contributed by atoms with Gasteiger partial charge in [0.15, 0.2) is 0 Å². The summed E-state index contributed by atoms with van der Waals surface area (Å²) in [6.45, 7) is 0.122. The van der Waals surface area contributed by atoms with Gasteiger partial charge in [-0.25, -0.2) is 0 Å². The fourth-order valence-electron chi connectivity index (χ4n) is 1.95. The molecule has 0 heterocycles. The zero-order chi connectivity index (χ0) is 16.5. The van der Waals surface area contributed by atoms with Crippen LogP contribution in [0.15, 0.2) is 18.2 Å². The van der Waals surface area contributed by atoms with Crippen LogP contribution in [0.1, 0.15) is 5.56 Å². The number of methoxy groups -OCH3 is 3. The molecule has 7 nitrogen and oxygen atoms in total. The summed E-state index contributed by atoms with van der Waals surface area (Å²) in [6.07, 6.45) is 0.0252. The summed E-state index contributed by atoms with van der Waals surface area (Å²) in [7, 11) is 4.53. The van der Waals surface area contributed by atoms with Crippen molar-refractivity contribution in [3.63, 3.8) is 0 Å². The number of carbonyl (C=O) groups excluding carboxylic acids is 1. The summed E-state index contributed by atoms with van der Waals surface area (Å²) in [5.74, 6) is -0.227. The number of carboxylic acid groups (broad SMARTS) is 1. The lowest BCUT2D eigenvalue weighted by molar-refractivity contribution is -0.144. The van der Waals surface area contributed by atoms with Crippen LogP contribution in [0.4, 0.5) is 0 Å². The molecule has 22 heavy (non-hydrogen) atoms. The number of carbonyl (C=O) groups is 2. The first-order chi connectivity index (χ1) is 10.5. The molecule has 0 aromatic heterocycles. The van der Waals surface area contributed by atoms with Crippen LogP contribution in [0.25, 0.3) is 0 Å². The molecule has 0 fully saturated rings. The number of amides is 1. The average molecular weight is 311 g/mol. The maximum absolute atomic E-state index is 12.3. The first kappa shape index (κ1) is 17.8. The van der Waals surface area contributed by atoms with Gasteiger partial charge in [0.1, 0.15) is 18.0 Å². The Labute approximate surface area is 129 Å². The van der Waals surface area contributed by atoms with Gasteiger partial charge in [0, 0.05) is 19.2 Å². The molecule has 1 aromatic carbocycles. The second-order valence-corrected chi connectivity index (χ2v) is 4.56. The molecule has 1 N–H and O–H groups in total. The number of ether oxygens (including phenoxy) is 3. The van der Waals surface area contributed by atoms with E-state index in [1.165, 1.54) is 26.2 Å². The van der Waals surface area contributed by atoms with Crippen molar-refractivity contribution < 1.29 is 28.9 Å². The molecule has 0 bridgehead atoms. The smallest absolute Gasteiger partial charge is 0.323 e. The highest BCUT2D eigenvalue weighted by molar-refractivity contribution is 5.83. The van der Waals surface area contributed by atoms with Crippen molar-refractivity contribution in [3.05, 3.63) is 23.8 Å². The van der Waals surface area contributed by atoms with Crippen LogP contribution >= 0.6 is 0 Å². The largest absolute Gasteiger partial charge is 0.497 e.